The Morgan fingerprint density at radius 2 is 2.10 bits per heavy atom. The van der Waals surface area contributed by atoms with Gasteiger partial charge in [-0.15, -0.1) is 0 Å². The van der Waals surface area contributed by atoms with Crippen molar-refractivity contribution in [3.8, 4) is 5.88 Å². The van der Waals surface area contributed by atoms with Crippen LogP contribution < -0.4 is 15.4 Å². The molecule has 20 heavy (non-hydrogen) atoms. The smallest absolute Gasteiger partial charge is 0.275 e. The summed E-state index contributed by atoms with van der Waals surface area (Å²) in [5, 5.41) is 5.80. The second kappa shape index (κ2) is 6.21. The van der Waals surface area contributed by atoms with Crippen LogP contribution in [-0.4, -0.2) is 30.0 Å². The van der Waals surface area contributed by atoms with Gasteiger partial charge in [0.05, 0.1) is 24.0 Å². The van der Waals surface area contributed by atoms with Gasteiger partial charge in [0, 0.05) is 13.1 Å². The largest absolute Gasteiger partial charge is 0.481 e. The van der Waals surface area contributed by atoms with Gasteiger partial charge in [-0.3, -0.25) is 4.79 Å². The van der Waals surface area contributed by atoms with Gasteiger partial charge in [-0.05, 0) is 18.2 Å². The summed E-state index contributed by atoms with van der Waals surface area (Å²) in [6.07, 6.45) is 1.49. The van der Waals surface area contributed by atoms with Gasteiger partial charge in [0.15, 0.2) is 0 Å². The molecule has 0 aliphatic carbocycles. The zero-order chi connectivity index (χ0) is 14.5. The van der Waals surface area contributed by atoms with Crippen molar-refractivity contribution in [2.75, 3.05) is 24.8 Å². The van der Waals surface area contributed by atoms with Gasteiger partial charge in [0.1, 0.15) is 11.5 Å². The normalized spacial score (nSPS) is 9.95. The van der Waals surface area contributed by atoms with Crippen LogP contribution in [0, 0.1) is 0 Å². The van der Waals surface area contributed by atoms with Gasteiger partial charge >= 0.3 is 0 Å². The second-order valence-electron chi connectivity index (χ2n) is 3.82. The molecule has 6 nitrogen and oxygen atoms in total. The van der Waals surface area contributed by atoms with Crippen LogP contribution in [0.1, 0.15) is 10.5 Å². The Morgan fingerprint density at radius 1 is 1.30 bits per heavy atom. The Bertz CT molecular complexity index is 616. The zero-order valence-corrected chi connectivity index (χ0v) is 11.7. The number of amides is 1. The lowest BCUT2D eigenvalue weighted by molar-refractivity contribution is 0.102. The summed E-state index contributed by atoms with van der Waals surface area (Å²) in [6, 6.07) is 6.63. The predicted octanol–water partition coefficient (Wildman–Crippen LogP) is 2.43. The molecule has 0 bridgehead atoms. The molecule has 0 aliphatic heterocycles. The van der Waals surface area contributed by atoms with E-state index in [9.17, 15) is 4.79 Å². The standard InChI is InChI=1S/C13H13ClN4O2/c1-15-10-5-4-9(14)12(18-10)13(19)17-8-3-6-11(20-2)16-7-8/h3-7H,1-2H3,(H,15,18)(H,17,19). The van der Waals surface area contributed by atoms with Crippen LogP contribution >= 0.6 is 11.6 Å². The quantitative estimate of drug-likeness (QED) is 0.905. The minimum absolute atomic E-state index is 0.148. The van der Waals surface area contributed by atoms with Crippen LogP contribution in [0.2, 0.25) is 5.02 Å². The van der Waals surface area contributed by atoms with Gasteiger partial charge in [0.25, 0.3) is 5.91 Å². The van der Waals surface area contributed by atoms with Crippen molar-refractivity contribution in [3.05, 3.63) is 41.2 Å². The first-order valence-corrected chi connectivity index (χ1v) is 6.17. The summed E-state index contributed by atoms with van der Waals surface area (Å²) in [5.74, 6) is 0.628. The van der Waals surface area contributed by atoms with Crippen LogP contribution in [0.5, 0.6) is 5.88 Å². The van der Waals surface area contributed by atoms with E-state index in [0.717, 1.165) is 0 Å². The SMILES string of the molecule is CNc1ccc(Cl)c(C(=O)Nc2ccc(OC)nc2)n1. The predicted molar refractivity (Wildman–Crippen MR) is 77.5 cm³/mol. The topological polar surface area (TPSA) is 76.1 Å². The van der Waals surface area contributed by atoms with Crippen LogP contribution in [0.25, 0.3) is 0 Å². The summed E-state index contributed by atoms with van der Waals surface area (Å²) in [5.41, 5.74) is 0.679. The molecule has 0 unspecified atom stereocenters. The van der Waals surface area contributed by atoms with Crippen LogP contribution in [0.15, 0.2) is 30.5 Å². The number of carbonyl (C=O) groups excluding carboxylic acids is 1. The number of nitrogens with zero attached hydrogens (tertiary/aromatic N) is 2. The summed E-state index contributed by atoms with van der Waals surface area (Å²) >= 11 is 5.98. The molecule has 2 N–H and O–H groups in total. The molecule has 0 fully saturated rings. The number of halogens is 1. The molecule has 2 rings (SSSR count). The number of nitrogens with one attached hydrogen (secondary N) is 2. The molecule has 2 heterocycles. The Kier molecular flexibility index (Phi) is 4.37. The van der Waals surface area contributed by atoms with Crippen LogP contribution in [0.4, 0.5) is 11.5 Å². The number of ether oxygens (including phenoxy) is 1. The number of anilines is 2. The van der Waals surface area contributed by atoms with Crippen molar-refractivity contribution in [3.63, 3.8) is 0 Å². The second-order valence-corrected chi connectivity index (χ2v) is 4.23. The monoisotopic (exact) mass is 292 g/mol. The van der Waals surface area contributed by atoms with E-state index in [1.54, 1.807) is 31.3 Å². The molecular formula is C13H13ClN4O2. The third-order valence-electron chi connectivity index (χ3n) is 2.52. The molecule has 0 saturated carbocycles. The van der Waals surface area contributed by atoms with Crippen LogP contribution in [0.3, 0.4) is 0 Å². The third-order valence-corrected chi connectivity index (χ3v) is 2.83. The zero-order valence-electron chi connectivity index (χ0n) is 11.0. The lowest BCUT2D eigenvalue weighted by Crippen LogP contribution is -2.15. The molecule has 2 aromatic rings. The molecule has 7 heteroatoms. The highest BCUT2D eigenvalue weighted by Crippen LogP contribution is 2.18. The number of hydrogen-bond acceptors (Lipinski definition) is 5. The number of carbonyl (C=O) groups is 1. The first-order valence-electron chi connectivity index (χ1n) is 5.79. The minimum atomic E-state index is -0.404. The molecular weight excluding hydrogens is 280 g/mol. The fourth-order valence-electron chi connectivity index (χ4n) is 1.51. The molecule has 0 aromatic carbocycles. The molecule has 0 spiro atoms. The van der Waals surface area contributed by atoms with E-state index in [0.29, 0.717) is 17.4 Å². The lowest BCUT2D eigenvalue weighted by atomic mass is 10.3. The number of rotatable bonds is 4. The molecule has 0 radical (unpaired) electrons. The van der Waals surface area contributed by atoms with Gasteiger partial charge in [-0.2, -0.15) is 0 Å². The van der Waals surface area contributed by atoms with Gasteiger partial charge in [-0.25, -0.2) is 9.97 Å². The summed E-state index contributed by atoms with van der Waals surface area (Å²) < 4.78 is 4.94. The minimum Gasteiger partial charge on any atom is -0.481 e. The molecule has 0 saturated heterocycles. The molecule has 0 atom stereocenters. The van der Waals surface area contributed by atoms with Crippen molar-refractivity contribution in [1.29, 1.82) is 0 Å². The lowest BCUT2D eigenvalue weighted by Gasteiger charge is -2.08. The van der Waals surface area contributed by atoms with Crippen LogP contribution in [-0.2, 0) is 0 Å². The molecule has 104 valence electrons. The first kappa shape index (κ1) is 14.1. The molecule has 1 amide bonds. The molecule has 0 aliphatic rings. The van der Waals surface area contributed by atoms with Gasteiger partial charge in [-0.1, -0.05) is 11.6 Å². The first-order chi connectivity index (χ1) is 9.63. The maximum absolute atomic E-state index is 12.1. The molecule has 2 aromatic heterocycles. The summed E-state index contributed by atoms with van der Waals surface area (Å²) in [6.45, 7) is 0. The fourth-order valence-corrected chi connectivity index (χ4v) is 1.70. The fraction of sp³-hybridized carbons (Fsp3) is 0.154. The van der Waals surface area contributed by atoms with Crippen molar-refractivity contribution in [2.45, 2.75) is 0 Å². The highest BCUT2D eigenvalue weighted by molar-refractivity contribution is 6.34. The van der Waals surface area contributed by atoms with Gasteiger partial charge < -0.3 is 15.4 Å². The Hall–Kier alpha value is -2.34. The number of aromatic nitrogens is 2. The van der Waals surface area contributed by atoms with E-state index in [2.05, 4.69) is 20.6 Å². The van der Waals surface area contributed by atoms with E-state index in [1.807, 2.05) is 0 Å². The summed E-state index contributed by atoms with van der Waals surface area (Å²) in [7, 11) is 3.23. The van der Waals surface area contributed by atoms with Gasteiger partial charge in [0.2, 0.25) is 5.88 Å². The van der Waals surface area contributed by atoms with Crippen molar-refractivity contribution in [1.82, 2.24) is 9.97 Å². The van der Waals surface area contributed by atoms with Crippen molar-refractivity contribution in [2.24, 2.45) is 0 Å². The highest BCUT2D eigenvalue weighted by atomic mass is 35.5. The third kappa shape index (κ3) is 3.16. The van der Waals surface area contributed by atoms with Crippen molar-refractivity contribution >= 4 is 29.0 Å². The van der Waals surface area contributed by atoms with E-state index < -0.39 is 5.91 Å². The highest BCUT2D eigenvalue weighted by Gasteiger charge is 2.13. The van der Waals surface area contributed by atoms with E-state index >= 15 is 0 Å². The average molecular weight is 293 g/mol. The average Bonchev–Trinajstić information content (AvgIpc) is 2.48. The van der Waals surface area contributed by atoms with E-state index in [-0.39, 0.29) is 10.7 Å². The Morgan fingerprint density at radius 3 is 2.70 bits per heavy atom. The maximum atomic E-state index is 12.1. The summed E-state index contributed by atoms with van der Waals surface area (Å²) in [4.78, 5) is 20.2. The maximum Gasteiger partial charge on any atom is 0.275 e. The Balaban J connectivity index is 2.18. The number of hydrogen-bond donors (Lipinski definition) is 2. The number of pyridine rings is 2. The Labute approximate surface area is 121 Å². The van der Waals surface area contributed by atoms with Crippen molar-refractivity contribution < 1.29 is 9.53 Å². The van der Waals surface area contributed by atoms with E-state index in [4.69, 9.17) is 16.3 Å². The number of methoxy groups -OCH3 is 1. The van der Waals surface area contributed by atoms with E-state index in [1.165, 1.54) is 13.3 Å².